The number of ether oxygens (including phenoxy) is 1. The third kappa shape index (κ3) is 2.67. The van der Waals surface area contributed by atoms with Gasteiger partial charge in [-0.25, -0.2) is 9.79 Å². The van der Waals surface area contributed by atoms with E-state index < -0.39 is 0 Å². The van der Waals surface area contributed by atoms with Crippen molar-refractivity contribution in [3.8, 4) is 0 Å². The molecule has 0 saturated heterocycles. The molecule has 1 aliphatic heterocycles. The van der Waals surface area contributed by atoms with E-state index in [1.54, 1.807) is 6.08 Å². The molecule has 3 nitrogen and oxygen atoms in total. The SMILES string of the molecule is Cc1ccc(/C=C2/N=C(C(C)(C)C)OC2=O)cc1. The van der Waals surface area contributed by atoms with Crippen molar-refractivity contribution in [2.45, 2.75) is 27.7 Å². The van der Waals surface area contributed by atoms with Crippen molar-refractivity contribution in [1.29, 1.82) is 0 Å². The van der Waals surface area contributed by atoms with Gasteiger partial charge in [0.2, 0.25) is 5.90 Å². The average Bonchev–Trinajstić information content (AvgIpc) is 2.63. The molecular weight excluding hydrogens is 226 g/mol. The van der Waals surface area contributed by atoms with Crippen LogP contribution >= 0.6 is 0 Å². The first-order valence-corrected chi connectivity index (χ1v) is 5.96. The molecule has 1 heterocycles. The minimum absolute atomic E-state index is 0.251. The summed E-state index contributed by atoms with van der Waals surface area (Å²) >= 11 is 0. The molecular formula is C15H17NO2. The van der Waals surface area contributed by atoms with Crippen LogP contribution in [0, 0.1) is 12.3 Å². The molecule has 0 spiro atoms. The number of aliphatic imine (C=N–C) groups is 1. The van der Waals surface area contributed by atoms with Gasteiger partial charge in [-0.2, -0.15) is 0 Å². The largest absolute Gasteiger partial charge is 0.406 e. The van der Waals surface area contributed by atoms with Gasteiger partial charge in [-0.15, -0.1) is 0 Å². The maximum Gasteiger partial charge on any atom is 0.363 e. The Bertz CT molecular complexity index is 531. The molecule has 1 aromatic rings. The van der Waals surface area contributed by atoms with Crippen LogP contribution in [0.25, 0.3) is 6.08 Å². The van der Waals surface area contributed by atoms with E-state index in [4.69, 9.17) is 4.74 Å². The summed E-state index contributed by atoms with van der Waals surface area (Å²) in [5.41, 5.74) is 2.25. The van der Waals surface area contributed by atoms with Gasteiger partial charge < -0.3 is 4.74 Å². The third-order valence-corrected chi connectivity index (χ3v) is 2.64. The second-order valence-corrected chi connectivity index (χ2v) is 5.50. The first-order valence-electron chi connectivity index (χ1n) is 5.96. The van der Waals surface area contributed by atoms with Gasteiger partial charge in [0.05, 0.1) is 0 Å². The zero-order valence-electron chi connectivity index (χ0n) is 11.2. The lowest BCUT2D eigenvalue weighted by molar-refractivity contribution is -0.130. The van der Waals surface area contributed by atoms with Crippen molar-refractivity contribution in [1.82, 2.24) is 0 Å². The van der Waals surface area contributed by atoms with E-state index in [0.29, 0.717) is 11.6 Å². The van der Waals surface area contributed by atoms with Gasteiger partial charge in [-0.05, 0) is 18.6 Å². The van der Waals surface area contributed by atoms with Gasteiger partial charge in [0, 0.05) is 5.41 Å². The van der Waals surface area contributed by atoms with Crippen molar-refractivity contribution in [3.63, 3.8) is 0 Å². The van der Waals surface area contributed by atoms with Gasteiger partial charge in [0.25, 0.3) is 0 Å². The Labute approximate surface area is 107 Å². The number of hydrogen-bond donors (Lipinski definition) is 0. The molecule has 0 bridgehead atoms. The van der Waals surface area contributed by atoms with Crippen LogP contribution in [0.1, 0.15) is 31.9 Å². The smallest absolute Gasteiger partial charge is 0.363 e. The van der Waals surface area contributed by atoms with E-state index in [0.717, 1.165) is 5.56 Å². The molecule has 0 unspecified atom stereocenters. The van der Waals surface area contributed by atoms with E-state index in [-0.39, 0.29) is 11.4 Å². The monoisotopic (exact) mass is 243 g/mol. The number of aryl methyl sites for hydroxylation is 1. The normalized spacial score (nSPS) is 17.9. The number of nitrogens with zero attached hydrogens (tertiary/aromatic N) is 1. The molecule has 2 rings (SSSR count). The van der Waals surface area contributed by atoms with Gasteiger partial charge in [-0.1, -0.05) is 50.6 Å². The molecule has 0 saturated carbocycles. The molecule has 0 aliphatic carbocycles. The number of esters is 1. The lowest BCUT2D eigenvalue weighted by atomic mass is 9.97. The topological polar surface area (TPSA) is 38.7 Å². The highest BCUT2D eigenvalue weighted by Gasteiger charge is 2.31. The lowest BCUT2D eigenvalue weighted by Gasteiger charge is -2.15. The molecule has 0 N–H and O–H groups in total. The standard InChI is InChI=1S/C15H17NO2/c1-10-5-7-11(8-6-10)9-12-13(17)18-14(16-12)15(2,3)4/h5-9H,1-4H3/b12-9+. The highest BCUT2D eigenvalue weighted by atomic mass is 16.6. The summed E-state index contributed by atoms with van der Waals surface area (Å²) in [5.74, 6) is 0.103. The molecule has 0 fully saturated rings. The Morgan fingerprint density at radius 2 is 1.78 bits per heavy atom. The molecule has 0 amide bonds. The Kier molecular flexibility index (Phi) is 3.07. The molecule has 18 heavy (non-hydrogen) atoms. The number of carbonyl (C=O) groups is 1. The van der Waals surface area contributed by atoms with E-state index >= 15 is 0 Å². The molecule has 3 heteroatoms. The number of cyclic esters (lactones) is 1. The lowest BCUT2D eigenvalue weighted by Crippen LogP contribution is -2.21. The number of carbonyl (C=O) groups excluding carboxylic acids is 1. The second-order valence-electron chi connectivity index (χ2n) is 5.50. The van der Waals surface area contributed by atoms with Gasteiger partial charge in [-0.3, -0.25) is 0 Å². The molecule has 1 aliphatic rings. The molecule has 0 atom stereocenters. The second kappa shape index (κ2) is 4.41. The Morgan fingerprint density at radius 3 is 2.28 bits per heavy atom. The van der Waals surface area contributed by atoms with Crippen LogP contribution in [0.4, 0.5) is 0 Å². The zero-order chi connectivity index (χ0) is 13.3. The molecule has 0 aromatic heterocycles. The van der Waals surface area contributed by atoms with Crippen molar-refractivity contribution < 1.29 is 9.53 Å². The van der Waals surface area contributed by atoms with E-state index in [9.17, 15) is 4.79 Å². The van der Waals surface area contributed by atoms with Crippen LogP contribution in [0.15, 0.2) is 35.0 Å². The Morgan fingerprint density at radius 1 is 1.17 bits per heavy atom. The van der Waals surface area contributed by atoms with Crippen LogP contribution < -0.4 is 0 Å². The Hall–Kier alpha value is -1.90. The van der Waals surface area contributed by atoms with Gasteiger partial charge in [0.1, 0.15) is 0 Å². The number of benzene rings is 1. The predicted octanol–water partition coefficient (Wildman–Crippen LogP) is 3.34. The minimum atomic E-state index is -0.375. The fourth-order valence-corrected chi connectivity index (χ4v) is 1.55. The number of hydrogen-bond acceptors (Lipinski definition) is 3. The minimum Gasteiger partial charge on any atom is -0.406 e. The maximum absolute atomic E-state index is 11.7. The molecule has 0 radical (unpaired) electrons. The van der Waals surface area contributed by atoms with Crippen molar-refractivity contribution in [2.24, 2.45) is 10.4 Å². The fraction of sp³-hybridized carbons (Fsp3) is 0.333. The Balaban J connectivity index is 2.31. The zero-order valence-corrected chi connectivity index (χ0v) is 11.2. The summed E-state index contributed by atoms with van der Waals surface area (Å²) in [6.45, 7) is 7.92. The van der Waals surface area contributed by atoms with Crippen LogP contribution in [0.3, 0.4) is 0 Å². The molecule has 1 aromatic carbocycles. The molecule has 94 valence electrons. The quantitative estimate of drug-likeness (QED) is 0.560. The average molecular weight is 243 g/mol. The summed E-state index contributed by atoms with van der Waals surface area (Å²) < 4.78 is 5.18. The predicted molar refractivity (Wildman–Crippen MR) is 72.1 cm³/mol. The summed E-state index contributed by atoms with van der Waals surface area (Å²) in [5, 5.41) is 0. The number of rotatable bonds is 1. The maximum atomic E-state index is 11.7. The van der Waals surface area contributed by atoms with E-state index in [2.05, 4.69) is 4.99 Å². The van der Waals surface area contributed by atoms with Crippen molar-refractivity contribution in [3.05, 3.63) is 41.1 Å². The highest BCUT2D eigenvalue weighted by molar-refractivity contribution is 6.08. The summed E-state index contributed by atoms with van der Waals surface area (Å²) in [7, 11) is 0. The van der Waals surface area contributed by atoms with Crippen LogP contribution in [0.5, 0.6) is 0 Å². The first-order chi connectivity index (χ1) is 8.36. The highest BCUT2D eigenvalue weighted by Crippen LogP contribution is 2.25. The van der Waals surface area contributed by atoms with E-state index in [1.807, 2.05) is 52.0 Å². The summed E-state index contributed by atoms with van der Waals surface area (Å²) in [6, 6.07) is 7.92. The van der Waals surface area contributed by atoms with Crippen LogP contribution in [-0.4, -0.2) is 11.9 Å². The first kappa shape index (κ1) is 12.6. The van der Waals surface area contributed by atoms with Crippen molar-refractivity contribution >= 4 is 17.9 Å². The fourth-order valence-electron chi connectivity index (χ4n) is 1.55. The van der Waals surface area contributed by atoms with Gasteiger partial charge >= 0.3 is 5.97 Å². The van der Waals surface area contributed by atoms with Crippen LogP contribution in [0.2, 0.25) is 0 Å². The van der Waals surface area contributed by atoms with Crippen LogP contribution in [-0.2, 0) is 9.53 Å². The summed E-state index contributed by atoms with van der Waals surface area (Å²) in [4.78, 5) is 16.0. The van der Waals surface area contributed by atoms with E-state index in [1.165, 1.54) is 5.56 Å². The summed E-state index contributed by atoms with van der Waals surface area (Å²) in [6.07, 6.45) is 1.75. The van der Waals surface area contributed by atoms with Gasteiger partial charge in [0.15, 0.2) is 5.70 Å². The van der Waals surface area contributed by atoms with Crippen molar-refractivity contribution in [2.75, 3.05) is 0 Å². The third-order valence-electron chi connectivity index (χ3n) is 2.64.